The van der Waals surface area contributed by atoms with Gasteiger partial charge in [0.2, 0.25) is 0 Å². The first kappa shape index (κ1) is 12.1. The van der Waals surface area contributed by atoms with Crippen LogP contribution in [0.15, 0.2) is 28.7 Å². The molecule has 1 aromatic rings. The lowest BCUT2D eigenvalue weighted by molar-refractivity contribution is 0.172. The van der Waals surface area contributed by atoms with E-state index >= 15 is 0 Å². The van der Waals surface area contributed by atoms with Crippen molar-refractivity contribution < 1.29 is 4.39 Å². The number of aryl methyl sites for hydroxylation is 1. The standard InChI is InChI=1S/C13H17BrFN/c14-12-5-2-10(3-6-12)1-4-11-7-8-16-9-13(11)15/h2-3,5-6,11,13,16H,1,4,7-9H2/t11-,13+/m1/s1. The second kappa shape index (κ2) is 5.78. The number of rotatable bonds is 3. The van der Waals surface area contributed by atoms with Crippen LogP contribution in [-0.2, 0) is 6.42 Å². The number of hydrogen-bond acceptors (Lipinski definition) is 1. The highest BCUT2D eigenvalue weighted by molar-refractivity contribution is 9.10. The minimum absolute atomic E-state index is 0.241. The molecule has 2 atom stereocenters. The van der Waals surface area contributed by atoms with Crippen molar-refractivity contribution in [1.29, 1.82) is 0 Å². The van der Waals surface area contributed by atoms with Crippen LogP contribution in [0.5, 0.6) is 0 Å². The number of halogens is 2. The predicted octanol–water partition coefficient (Wildman–Crippen LogP) is 3.33. The number of hydrogen-bond donors (Lipinski definition) is 1. The molecule has 1 N–H and O–H groups in total. The molecular weight excluding hydrogens is 269 g/mol. The maximum absolute atomic E-state index is 13.5. The molecule has 0 aromatic heterocycles. The van der Waals surface area contributed by atoms with E-state index < -0.39 is 6.17 Å². The first-order valence-electron chi connectivity index (χ1n) is 5.85. The zero-order valence-corrected chi connectivity index (χ0v) is 10.8. The summed E-state index contributed by atoms with van der Waals surface area (Å²) in [6.45, 7) is 1.50. The van der Waals surface area contributed by atoms with E-state index in [4.69, 9.17) is 0 Å². The normalized spacial score (nSPS) is 25.6. The summed E-state index contributed by atoms with van der Waals surface area (Å²) in [5.74, 6) is 0.241. The summed E-state index contributed by atoms with van der Waals surface area (Å²) in [6.07, 6.45) is 2.25. The Morgan fingerprint density at radius 2 is 2.06 bits per heavy atom. The summed E-state index contributed by atoms with van der Waals surface area (Å²) in [5, 5.41) is 3.09. The SMILES string of the molecule is F[C@H]1CNCC[C@H]1CCc1ccc(Br)cc1. The van der Waals surface area contributed by atoms with Crippen molar-refractivity contribution in [2.45, 2.75) is 25.4 Å². The summed E-state index contributed by atoms with van der Waals surface area (Å²) in [6, 6.07) is 8.31. The van der Waals surface area contributed by atoms with Crippen molar-refractivity contribution in [3.63, 3.8) is 0 Å². The maximum atomic E-state index is 13.5. The van der Waals surface area contributed by atoms with E-state index in [-0.39, 0.29) is 5.92 Å². The highest BCUT2D eigenvalue weighted by Crippen LogP contribution is 2.22. The highest BCUT2D eigenvalue weighted by atomic mass is 79.9. The van der Waals surface area contributed by atoms with E-state index in [1.54, 1.807) is 0 Å². The molecule has 88 valence electrons. The molecule has 0 unspecified atom stereocenters. The van der Waals surface area contributed by atoms with Crippen LogP contribution in [0.1, 0.15) is 18.4 Å². The van der Waals surface area contributed by atoms with Gasteiger partial charge in [-0.25, -0.2) is 4.39 Å². The van der Waals surface area contributed by atoms with Gasteiger partial charge in [-0.05, 0) is 49.4 Å². The molecule has 2 rings (SSSR count). The summed E-state index contributed by atoms with van der Waals surface area (Å²) in [5.41, 5.74) is 1.30. The van der Waals surface area contributed by atoms with Crippen molar-refractivity contribution in [1.82, 2.24) is 5.32 Å². The van der Waals surface area contributed by atoms with Crippen molar-refractivity contribution >= 4 is 15.9 Å². The quantitative estimate of drug-likeness (QED) is 0.898. The molecule has 0 spiro atoms. The fraction of sp³-hybridized carbons (Fsp3) is 0.538. The van der Waals surface area contributed by atoms with E-state index in [0.717, 1.165) is 30.3 Å². The minimum Gasteiger partial charge on any atom is -0.314 e. The molecule has 1 heterocycles. The minimum atomic E-state index is -0.663. The van der Waals surface area contributed by atoms with Crippen molar-refractivity contribution in [3.05, 3.63) is 34.3 Å². The third-order valence-corrected chi connectivity index (χ3v) is 3.79. The molecule has 0 amide bonds. The molecule has 0 aliphatic carbocycles. The third kappa shape index (κ3) is 3.29. The Labute approximate surface area is 105 Å². The van der Waals surface area contributed by atoms with Crippen LogP contribution in [0, 0.1) is 5.92 Å². The predicted molar refractivity (Wildman–Crippen MR) is 68.3 cm³/mol. The first-order chi connectivity index (χ1) is 7.75. The van der Waals surface area contributed by atoms with Crippen molar-refractivity contribution in [2.75, 3.05) is 13.1 Å². The van der Waals surface area contributed by atoms with Gasteiger partial charge in [0.05, 0.1) is 0 Å². The van der Waals surface area contributed by atoms with Crippen LogP contribution in [0.25, 0.3) is 0 Å². The van der Waals surface area contributed by atoms with E-state index in [1.807, 2.05) is 12.1 Å². The Morgan fingerprint density at radius 1 is 1.31 bits per heavy atom. The molecule has 1 aliphatic rings. The number of alkyl halides is 1. The van der Waals surface area contributed by atoms with Gasteiger partial charge in [-0.3, -0.25) is 0 Å². The summed E-state index contributed by atoms with van der Waals surface area (Å²) < 4.78 is 14.6. The molecule has 0 radical (unpaired) electrons. The molecular formula is C13H17BrFN. The molecule has 1 saturated heterocycles. The Kier molecular flexibility index (Phi) is 4.36. The third-order valence-electron chi connectivity index (χ3n) is 3.26. The van der Waals surface area contributed by atoms with Gasteiger partial charge in [-0.15, -0.1) is 0 Å². The fourth-order valence-corrected chi connectivity index (χ4v) is 2.47. The van der Waals surface area contributed by atoms with Crippen LogP contribution in [0.2, 0.25) is 0 Å². The highest BCUT2D eigenvalue weighted by Gasteiger charge is 2.23. The molecule has 0 bridgehead atoms. The van der Waals surface area contributed by atoms with E-state index in [0.29, 0.717) is 6.54 Å². The molecule has 3 heteroatoms. The van der Waals surface area contributed by atoms with E-state index in [1.165, 1.54) is 5.56 Å². The average Bonchev–Trinajstić information content (AvgIpc) is 2.30. The van der Waals surface area contributed by atoms with Gasteiger partial charge in [0, 0.05) is 11.0 Å². The van der Waals surface area contributed by atoms with Crippen molar-refractivity contribution in [2.24, 2.45) is 5.92 Å². The largest absolute Gasteiger partial charge is 0.314 e. The van der Waals surface area contributed by atoms with Crippen LogP contribution in [0.4, 0.5) is 4.39 Å². The number of piperidine rings is 1. The molecule has 1 fully saturated rings. The average molecular weight is 286 g/mol. The Bertz CT molecular complexity index is 325. The van der Waals surface area contributed by atoms with Crippen LogP contribution in [0.3, 0.4) is 0 Å². The van der Waals surface area contributed by atoms with Gasteiger partial charge < -0.3 is 5.32 Å². The topological polar surface area (TPSA) is 12.0 Å². The molecule has 1 aromatic carbocycles. The lowest BCUT2D eigenvalue weighted by Crippen LogP contribution is -2.38. The van der Waals surface area contributed by atoms with E-state index in [2.05, 4.69) is 33.4 Å². The molecule has 1 nitrogen and oxygen atoms in total. The lowest BCUT2D eigenvalue weighted by Gasteiger charge is -2.26. The van der Waals surface area contributed by atoms with E-state index in [9.17, 15) is 4.39 Å². The Morgan fingerprint density at radius 3 is 2.75 bits per heavy atom. The summed E-state index contributed by atoms with van der Waals surface area (Å²) in [4.78, 5) is 0. The van der Waals surface area contributed by atoms with Gasteiger partial charge in [0.15, 0.2) is 0 Å². The van der Waals surface area contributed by atoms with Crippen LogP contribution >= 0.6 is 15.9 Å². The smallest absolute Gasteiger partial charge is 0.115 e. The monoisotopic (exact) mass is 285 g/mol. The zero-order chi connectivity index (χ0) is 11.4. The van der Waals surface area contributed by atoms with Crippen molar-refractivity contribution in [3.8, 4) is 0 Å². The second-order valence-corrected chi connectivity index (χ2v) is 5.35. The van der Waals surface area contributed by atoms with Gasteiger partial charge in [0.1, 0.15) is 6.17 Å². The summed E-state index contributed by atoms with van der Waals surface area (Å²) in [7, 11) is 0. The molecule has 1 aliphatic heterocycles. The first-order valence-corrected chi connectivity index (χ1v) is 6.64. The zero-order valence-electron chi connectivity index (χ0n) is 9.26. The second-order valence-electron chi connectivity index (χ2n) is 4.43. The van der Waals surface area contributed by atoms with Gasteiger partial charge in [-0.1, -0.05) is 28.1 Å². The number of benzene rings is 1. The van der Waals surface area contributed by atoms with Crippen LogP contribution in [-0.4, -0.2) is 19.3 Å². The Hall–Kier alpha value is -0.410. The fourth-order valence-electron chi connectivity index (χ4n) is 2.20. The maximum Gasteiger partial charge on any atom is 0.115 e. The lowest BCUT2D eigenvalue weighted by atomic mass is 9.90. The number of nitrogens with one attached hydrogen (secondary N) is 1. The molecule has 16 heavy (non-hydrogen) atoms. The van der Waals surface area contributed by atoms with Crippen LogP contribution < -0.4 is 5.32 Å². The van der Waals surface area contributed by atoms with Gasteiger partial charge in [-0.2, -0.15) is 0 Å². The Balaban J connectivity index is 1.84. The summed E-state index contributed by atoms with van der Waals surface area (Å²) >= 11 is 3.41. The van der Waals surface area contributed by atoms with Gasteiger partial charge >= 0.3 is 0 Å². The van der Waals surface area contributed by atoms with Gasteiger partial charge in [0.25, 0.3) is 0 Å². The molecule has 0 saturated carbocycles.